The lowest BCUT2D eigenvalue weighted by molar-refractivity contribution is -0.142. The Balaban J connectivity index is 2.03. The number of rotatable bonds is 1. The second kappa shape index (κ2) is 3.33. The largest absolute Gasteiger partial charge is 0.451 e. The molecule has 0 N–H and O–H groups in total. The van der Waals surface area contributed by atoms with Gasteiger partial charge in [-0.15, -0.1) is 0 Å². The summed E-state index contributed by atoms with van der Waals surface area (Å²) < 4.78 is 5.41. The molecule has 2 nitrogen and oxygen atoms in total. The summed E-state index contributed by atoms with van der Waals surface area (Å²) in [7, 11) is 0. The maximum Gasteiger partial charge on any atom is 0.334 e. The SMILES string of the molecule is C=C1C(=O)O[C@@]2(C)C=C[C@H](c3ccccc3)[C@@H]12. The fourth-order valence-electron chi connectivity index (χ4n) is 2.90. The van der Waals surface area contributed by atoms with Gasteiger partial charge in [0.1, 0.15) is 5.60 Å². The molecular formula is C15H14O2. The van der Waals surface area contributed by atoms with E-state index in [9.17, 15) is 4.79 Å². The van der Waals surface area contributed by atoms with Crippen LogP contribution in [0.3, 0.4) is 0 Å². The number of benzene rings is 1. The number of esters is 1. The van der Waals surface area contributed by atoms with Crippen molar-refractivity contribution in [3.05, 3.63) is 60.2 Å². The molecule has 17 heavy (non-hydrogen) atoms. The third kappa shape index (κ3) is 1.37. The number of ether oxygens (including phenoxy) is 1. The number of allylic oxidation sites excluding steroid dienone is 1. The lowest BCUT2D eigenvalue weighted by Crippen LogP contribution is -2.28. The van der Waals surface area contributed by atoms with Gasteiger partial charge in [0.25, 0.3) is 0 Å². The van der Waals surface area contributed by atoms with Gasteiger partial charge in [0, 0.05) is 17.4 Å². The molecule has 0 radical (unpaired) electrons. The van der Waals surface area contributed by atoms with Gasteiger partial charge in [-0.3, -0.25) is 0 Å². The van der Waals surface area contributed by atoms with Gasteiger partial charge in [-0.2, -0.15) is 0 Å². The molecule has 1 heterocycles. The lowest BCUT2D eigenvalue weighted by Gasteiger charge is -2.24. The van der Waals surface area contributed by atoms with Crippen molar-refractivity contribution in [3.63, 3.8) is 0 Å². The second-order valence-corrected chi connectivity index (χ2v) is 4.87. The summed E-state index contributed by atoms with van der Waals surface area (Å²) in [4.78, 5) is 11.6. The van der Waals surface area contributed by atoms with Crippen molar-refractivity contribution in [3.8, 4) is 0 Å². The normalized spacial score (nSPS) is 34.9. The quantitative estimate of drug-likeness (QED) is 0.418. The van der Waals surface area contributed by atoms with Crippen LogP contribution in [0.2, 0.25) is 0 Å². The summed E-state index contributed by atoms with van der Waals surface area (Å²) in [5.41, 5.74) is 1.29. The summed E-state index contributed by atoms with van der Waals surface area (Å²) in [5.74, 6) is -0.0275. The van der Waals surface area contributed by atoms with Crippen molar-refractivity contribution in [1.29, 1.82) is 0 Å². The molecule has 3 atom stereocenters. The average molecular weight is 226 g/mol. The van der Waals surface area contributed by atoms with Crippen molar-refractivity contribution >= 4 is 5.97 Å². The van der Waals surface area contributed by atoms with E-state index in [1.807, 2.05) is 31.2 Å². The van der Waals surface area contributed by atoms with E-state index in [0.717, 1.165) is 0 Å². The van der Waals surface area contributed by atoms with E-state index in [0.29, 0.717) is 5.57 Å². The van der Waals surface area contributed by atoms with Crippen LogP contribution < -0.4 is 0 Å². The summed E-state index contributed by atoms with van der Waals surface area (Å²) >= 11 is 0. The minimum Gasteiger partial charge on any atom is -0.451 e. The zero-order chi connectivity index (χ0) is 12.0. The Morgan fingerprint density at radius 2 is 2.00 bits per heavy atom. The molecule has 1 saturated heterocycles. The monoisotopic (exact) mass is 226 g/mol. The van der Waals surface area contributed by atoms with Crippen molar-refractivity contribution in [2.45, 2.75) is 18.4 Å². The summed E-state index contributed by atoms with van der Waals surface area (Å²) in [6, 6.07) is 10.2. The van der Waals surface area contributed by atoms with Gasteiger partial charge in [0.05, 0.1) is 0 Å². The van der Waals surface area contributed by atoms with Gasteiger partial charge in [-0.25, -0.2) is 4.79 Å². The van der Waals surface area contributed by atoms with Crippen molar-refractivity contribution in [1.82, 2.24) is 0 Å². The first-order valence-corrected chi connectivity index (χ1v) is 5.78. The van der Waals surface area contributed by atoms with Crippen LogP contribution in [0, 0.1) is 5.92 Å². The zero-order valence-electron chi connectivity index (χ0n) is 9.72. The topological polar surface area (TPSA) is 26.3 Å². The van der Waals surface area contributed by atoms with Crippen LogP contribution in [0.25, 0.3) is 0 Å². The van der Waals surface area contributed by atoms with Crippen molar-refractivity contribution < 1.29 is 9.53 Å². The highest BCUT2D eigenvalue weighted by Crippen LogP contribution is 2.50. The van der Waals surface area contributed by atoms with Gasteiger partial charge in [-0.1, -0.05) is 43.0 Å². The molecule has 1 aromatic rings. The smallest absolute Gasteiger partial charge is 0.334 e. The molecule has 86 valence electrons. The van der Waals surface area contributed by atoms with Crippen LogP contribution in [0.1, 0.15) is 18.4 Å². The molecule has 0 spiro atoms. The molecule has 1 fully saturated rings. The van der Waals surface area contributed by atoms with Gasteiger partial charge in [0.2, 0.25) is 0 Å². The number of hydrogen-bond acceptors (Lipinski definition) is 2. The summed E-state index contributed by atoms with van der Waals surface area (Å²) in [6.07, 6.45) is 4.11. The summed E-state index contributed by atoms with van der Waals surface area (Å²) in [6.45, 7) is 5.84. The highest BCUT2D eigenvalue weighted by Gasteiger charge is 2.53. The number of carbonyl (C=O) groups excluding carboxylic acids is 1. The van der Waals surface area contributed by atoms with Crippen LogP contribution in [0.5, 0.6) is 0 Å². The molecule has 3 rings (SSSR count). The standard InChI is InChI=1S/C15H14O2/c1-10-13-12(11-6-4-3-5-7-11)8-9-15(13,2)17-14(10)16/h3-9,12-13H,1H2,2H3/t12-,13-,15+/m1/s1. The van der Waals surface area contributed by atoms with Crippen LogP contribution in [-0.4, -0.2) is 11.6 Å². The van der Waals surface area contributed by atoms with E-state index in [2.05, 4.69) is 24.8 Å². The average Bonchev–Trinajstić information content (AvgIpc) is 2.76. The van der Waals surface area contributed by atoms with Crippen LogP contribution >= 0.6 is 0 Å². The fourth-order valence-corrected chi connectivity index (χ4v) is 2.90. The lowest BCUT2D eigenvalue weighted by atomic mass is 9.79. The van der Waals surface area contributed by atoms with E-state index in [1.165, 1.54) is 5.56 Å². The van der Waals surface area contributed by atoms with Gasteiger partial charge in [0.15, 0.2) is 0 Å². The van der Waals surface area contributed by atoms with Crippen molar-refractivity contribution in [2.75, 3.05) is 0 Å². The Hall–Kier alpha value is -1.83. The molecule has 0 unspecified atom stereocenters. The maximum atomic E-state index is 11.6. The molecule has 2 heteroatoms. The predicted octanol–water partition coefficient (Wildman–Crippen LogP) is 2.83. The van der Waals surface area contributed by atoms with E-state index in [1.54, 1.807) is 0 Å². The minimum atomic E-state index is -0.505. The first-order chi connectivity index (χ1) is 8.12. The Bertz CT molecular complexity index is 515. The Morgan fingerprint density at radius 3 is 2.71 bits per heavy atom. The molecule has 2 aliphatic rings. The summed E-state index contributed by atoms with van der Waals surface area (Å²) in [5, 5.41) is 0. The van der Waals surface area contributed by atoms with Crippen LogP contribution in [-0.2, 0) is 9.53 Å². The second-order valence-electron chi connectivity index (χ2n) is 4.87. The fraction of sp³-hybridized carbons (Fsp3) is 0.267. The highest BCUT2D eigenvalue weighted by molar-refractivity contribution is 5.92. The molecule has 0 aromatic heterocycles. The first-order valence-electron chi connectivity index (χ1n) is 5.78. The van der Waals surface area contributed by atoms with Crippen LogP contribution in [0.4, 0.5) is 0 Å². The molecule has 1 aromatic carbocycles. The Morgan fingerprint density at radius 1 is 1.29 bits per heavy atom. The Labute approximate surface area is 101 Å². The zero-order valence-corrected chi connectivity index (χ0v) is 9.72. The molecule has 1 aliphatic heterocycles. The predicted molar refractivity (Wildman–Crippen MR) is 65.5 cm³/mol. The minimum absolute atomic E-state index is 0.0393. The number of hydrogen-bond donors (Lipinski definition) is 0. The number of fused-ring (bicyclic) bond motifs is 1. The van der Waals surface area contributed by atoms with E-state index in [-0.39, 0.29) is 17.8 Å². The van der Waals surface area contributed by atoms with E-state index in [4.69, 9.17) is 4.74 Å². The highest BCUT2D eigenvalue weighted by atomic mass is 16.6. The van der Waals surface area contributed by atoms with Crippen LogP contribution in [0.15, 0.2) is 54.6 Å². The Kier molecular flexibility index (Phi) is 2.02. The first kappa shape index (κ1) is 10.3. The molecule has 0 bridgehead atoms. The molecule has 0 saturated carbocycles. The number of carbonyl (C=O) groups is 1. The maximum absolute atomic E-state index is 11.6. The van der Waals surface area contributed by atoms with E-state index < -0.39 is 5.60 Å². The van der Waals surface area contributed by atoms with Gasteiger partial charge in [-0.05, 0) is 18.6 Å². The third-order valence-electron chi connectivity index (χ3n) is 3.75. The van der Waals surface area contributed by atoms with Crippen molar-refractivity contribution in [2.24, 2.45) is 5.92 Å². The van der Waals surface area contributed by atoms with Gasteiger partial charge >= 0.3 is 5.97 Å². The third-order valence-corrected chi connectivity index (χ3v) is 3.75. The molecular weight excluding hydrogens is 212 g/mol. The molecule has 0 amide bonds. The van der Waals surface area contributed by atoms with Gasteiger partial charge < -0.3 is 4.74 Å². The van der Waals surface area contributed by atoms with E-state index >= 15 is 0 Å². The molecule has 1 aliphatic carbocycles.